The van der Waals surface area contributed by atoms with E-state index in [1.54, 1.807) is 24.3 Å². The summed E-state index contributed by atoms with van der Waals surface area (Å²) in [6, 6.07) is 8.13. The molecule has 0 bridgehead atoms. The van der Waals surface area contributed by atoms with Crippen molar-refractivity contribution in [3.05, 3.63) is 59.3 Å². The predicted octanol–water partition coefficient (Wildman–Crippen LogP) is 3.23. The number of hydrogen-bond acceptors (Lipinski definition) is 3. The van der Waals surface area contributed by atoms with Gasteiger partial charge in [0, 0.05) is 17.9 Å². The van der Waals surface area contributed by atoms with Gasteiger partial charge in [0.2, 0.25) is 11.8 Å². The quantitative estimate of drug-likeness (QED) is 0.648. The van der Waals surface area contributed by atoms with Crippen LogP contribution in [0.4, 0.5) is 14.5 Å². The SMILES string of the molecule is O=C1CC[C@@H](C(=O)Nc2cc3c(C=Cc4cccc(F)c4)n[nH]c3cc2F)N1. The number of anilines is 1. The highest BCUT2D eigenvalue weighted by Crippen LogP contribution is 2.26. The summed E-state index contributed by atoms with van der Waals surface area (Å²) in [5.74, 6) is -1.63. The normalized spacial score (nSPS) is 16.6. The third-order valence-electron chi connectivity index (χ3n) is 4.53. The van der Waals surface area contributed by atoms with E-state index in [0.717, 1.165) is 0 Å². The van der Waals surface area contributed by atoms with Gasteiger partial charge in [0.1, 0.15) is 17.7 Å². The number of carbonyl (C=O) groups is 2. The zero-order valence-electron chi connectivity index (χ0n) is 14.6. The Kier molecular flexibility index (Phi) is 4.60. The molecule has 3 N–H and O–H groups in total. The number of fused-ring (bicyclic) bond motifs is 1. The Bertz CT molecular complexity index is 1110. The van der Waals surface area contributed by atoms with Crippen LogP contribution in [0.15, 0.2) is 36.4 Å². The third kappa shape index (κ3) is 3.62. The summed E-state index contributed by atoms with van der Waals surface area (Å²) in [5, 5.41) is 12.5. The number of hydrogen-bond donors (Lipinski definition) is 3. The summed E-state index contributed by atoms with van der Waals surface area (Å²) in [4.78, 5) is 23.5. The van der Waals surface area contributed by atoms with Gasteiger partial charge in [-0.2, -0.15) is 5.10 Å². The highest BCUT2D eigenvalue weighted by molar-refractivity contribution is 6.01. The van der Waals surface area contributed by atoms with E-state index >= 15 is 0 Å². The van der Waals surface area contributed by atoms with Crippen molar-refractivity contribution in [2.75, 3.05) is 5.32 Å². The first kappa shape index (κ1) is 17.8. The van der Waals surface area contributed by atoms with E-state index in [9.17, 15) is 18.4 Å². The Morgan fingerprint density at radius 1 is 1.21 bits per heavy atom. The topological polar surface area (TPSA) is 86.9 Å². The minimum atomic E-state index is -0.667. The summed E-state index contributed by atoms with van der Waals surface area (Å²) < 4.78 is 27.6. The number of halogens is 2. The number of rotatable bonds is 4. The van der Waals surface area contributed by atoms with Gasteiger partial charge in [-0.15, -0.1) is 0 Å². The molecular formula is C20H16F2N4O2. The second kappa shape index (κ2) is 7.22. The lowest BCUT2D eigenvalue weighted by Crippen LogP contribution is -2.37. The van der Waals surface area contributed by atoms with Crippen LogP contribution in [0, 0.1) is 11.6 Å². The summed E-state index contributed by atoms with van der Waals surface area (Å²) >= 11 is 0. The third-order valence-corrected chi connectivity index (χ3v) is 4.53. The Balaban J connectivity index is 1.60. The summed E-state index contributed by atoms with van der Waals surface area (Å²) in [5.41, 5.74) is 1.64. The molecule has 2 amide bonds. The molecule has 0 unspecified atom stereocenters. The molecule has 1 saturated heterocycles. The van der Waals surface area contributed by atoms with Gasteiger partial charge in [-0.05, 0) is 36.3 Å². The summed E-state index contributed by atoms with van der Waals surface area (Å²) in [7, 11) is 0. The van der Waals surface area contributed by atoms with Crippen molar-refractivity contribution in [2.45, 2.75) is 18.9 Å². The average Bonchev–Trinajstić information content (AvgIpc) is 3.26. The number of H-pyrrole nitrogens is 1. The molecule has 1 aliphatic heterocycles. The van der Waals surface area contributed by atoms with E-state index in [2.05, 4.69) is 20.8 Å². The molecule has 3 aromatic rings. The van der Waals surface area contributed by atoms with E-state index in [0.29, 0.717) is 28.6 Å². The van der Waals surface area contributed by atoms with Crippen LogP contribution in [0.25, 0.3) is 23.1 Å². The van der Waals surface area contributed by atoms with E-state index in [-0.39, 0.29) is 23.8 Å². The van der Waals surface area contributed by atoms with Gasteiger partial charge in [-0.25, -0.2) is 8.78 Å². The van der Waals surface area contributed by atoms with Crippen molar-refractivity contribution >= 4 is 40.6 Å². The molecule has 1 aliphatic rings. The smallest absolute Gasteiger partial charge is 0.247 e. The molecule has 142 valence electrons. The van der Waals surface area contributed by atoms with Crippen LogP contribution in [0.5, 0.6) is 0 Å². The van der Waals surface area contributed by atoms with E-state index < -0.39 is 17.8 Å². The maximum Gasteiger partial charge on any atom is 0.247 e. The number of aromatic nitrogens is 2. The Labute approximate surface area is 158 Å². The molecule has 8 heteroatoms. The molecule has 0 saturated carbocycles. The number of amides is 2. The number of carbonyl (C=O) groups excluding carboxylic acids is 2. The first-order chi connectivity index (χ1) is 13.5. The lowest BCUT2D eigenvalue weighted by molar-refractivity contribution is -0.122. The van der Waals surface area contributed by atoms with Crippen LogP contribution in [-0.2, 0) is 9.59 Å². The summed E-state index contributed by atoms with van der Waals surface area (Å²) in [6.07, 6.45) is 4.01. The molecule has 2 heterocycles. The fourth-order valence-corrected chi connectivity index (χ4v) is 3.10. The number of benzene rings is 2. The molecule has 0 aliphatic carbocycles. The van der Waals surface area contributed by atoms with Crippen LogP contribution in [0.2, 0.25) is 0 Å². The molecule has 6 nitrogen and oxygen atoms in total. The lowest BCUT2D eigenvalue weighted by Gasteiger charge is -2.11. The molecule has 0 spiro atoms. The Morgan fingerprint density at radius 2 is 2.07 bits per heavy atom. The first-order valence-electron chi connectivity index (χ1n) is 8.71. The number of nitrogens with one attached hydrogen (secondary N) is 3. The Hall–Kier alpha value is -3.55. The maximum atomic E-state index is 14.3. The van der Waals surface area contributed by atoms with Crippen LogP contribution in [-0.4, -0.2) is 28.1 Å². The van der Waals surface area contributed by atoms with Crippen molar-refractivity contribution in [3.8, 4) is 0 Å². The standard InChI is InChI=1S/C20H16F2N4O2/c21-12-3-1-2-11(8-12)4-5-15-13-9-18(14(22)10-17(13)26-25-15)24-20(28)16-6-7-19(27)23-16/h1-5,8-10,16H,6-7H2,(H,23,27)(H,24,28)(H,25,26)/t16-/m0/s1. The molecule has 4 rings (SSSR count). The van der Waals surface area contributed by atoms with Crippen molar-refractivity contribution in [1.82, 2.24) is 15.5 Å². The second-order valence-corrected chi connectivity index (χ2v) is 6.52. The highest BCUT2D eigenvalue weighted by atomic mass is 19.1. The molecule has 1 fully saturated rings. The first-order valence-corrected chi connectivity index (χ1v) is 8.71. The van der Waals surface area contributed by atoms with Crippen LogP contribution in [0.3, 0.4) is 0 Å². The molecule has 1 aromatic heterocycles. The van der Waals surface area contributed by atoms with Gasteiger partial charge in [0.15, 0.2) is 0 Å². The van der Waals surface area contributed by atoms with Gasteiger partial charge in [-0.1, -0.05) is 18.2 Å². The molecular weight excluding hydrogens is 366 g/mol. The minimum Gasteiger partial charge on any atom is -0.344 e. The van der Waals surface area contributed by atoms with E-state index in [1.807, 2.05) is 0 Å². The Morgan fingerprint density at radius 3 is 2.82 bits per heavy atom. The predicted molar refractivity (Wildman–Crippen MR) is 101 cm³/mol. The number of nitrogens with zero attached hydrogens (tertiary/aromatic N) is 1. The highest BCUT2D eigenvalue weighted by Gasteiger charge is 2.27. The van der Waals surface area contributed by atoms with Crippen LogP contribution >= 0.6 is 0 Å². The fraction of sp³-hybridized carbons (Fsp3) is 0.150. The average molecular weight is 382 g/mol. The molecule has 0 radical (unpaired) electrons. The molecule has 28 heavy (non-hydrogen) atoms. The van der Waals surface area contributed by atoms with Gasteiger partial charge in [0.25, 0.3) is 0 Å². The van der Waals surface area contributed by atoms with Gasteiger partial charge in [-0.3, -0.25) is 14.7 Å². The zero-order valence-corrected chi connectivity index (χ0v) is 14.6. The minimum absolute atomic E-state index is 0.000421. The fourth-order valence-electron chi connectivity index (χ4n) is 3.10. The monoisotopic (exact) mass is 382 g/mol. The summed E-state index contributed by atoms with van der Waals surface area (Å²) in [6.45, 7) is 0. The van der Waals surface area contributed by atoms with Crippen molar-refractivity contribution in [1.29, 1.82) is 0 Å². The van der Waals surface area contributed by atoms with Gasteiger partial charge < -0.3 is 10.6 Å². The van der Waals surface area contributed by atoms with Crippen molar-refractivity contribution < 1.29 is 18.4 Å². The molecule has 2 aromatic carbocycles. The van der Waals surface area contributed by atoms with E-state index in [4.69, 9.17) is 0 Å². The lowest BCUT2D eigenvalue weighted by atomic mass is 10.1. The van der Waals surface area contributed by atoms with Gasteiger partial charge in [0.05, 0.1) is 16.9 Å². The maximum absolute atomic E-state index is 14.3. The zero-order chi connectivity index (χ0) is 19.7. The van der Waals surface area contributed by atoms with E-state index in [1.165, 1.54) is 24.3 Å². The second-order valence-electron chi connectivity index (χ2n) is 6.52. The largest absolute Gasteiger partial charge is 0.344 e. The van der Waals surface area contributed by atoms with Crippen molar-refractivity contribution in [2.24, 2.45) is 0 Å². The van der Waals surface area contributed by atoms with Crippen molar-refractivity contribution in [3.63, 3.8) is 0 Å². The van der Waals surface area contributed by atoms with Gasteiger partial charge >= 0.3 is 0 Å². The molecule has 1 atom stereocenters. The number of aromatic amines is 1. The van der Waals surface area contributed by atoms with Crippen LogP contribution < -0.4 is 10.6 Å². The van der Waals surface area contributed by atoms with Crippen LogP contribution in [0.1, 0.15) is 24.1 Å².